The first-order chi connectivity index (χ1) is 16.1. The van der Waals surface area contributed by atoms with Crippen LogP contribution in [0.1, 0.15) is 73.9 Å². The number of benzene rings is 2. The second-order valence-electron chi connectivity index (χ2n) is 8.69. The molecule has 0 fully saturated rings. The number of ether oxygens (including phenoxy) is 2. The minimum absolute atomic E-state index is 0.0890. The summed E-state index contributed by atoms with van der Waals surface area (Å²) in [6, 6.07) is 18.5. The zero-order chi connectivity index (χ0) is 22.8. The van der Waals surface area contributed by atoms with Gasteiger partial charge in [0.25, 0.3) is 0 Å². The Hall–Kier alpha value is -2.73. The Morgan fingerprint density at radius 2 is 1.91 bits per heavy atom. The lowest BCUT2D eigenvalue weighted by Crippen LogP contribution is -2.33. The summed E-state index contributed by atoms with van der Waals surface area (Å²) in [5, 5.41) is 7.04. The first kappa shape index (κ1) is 22.1. The number of hydrogen-bond donors (Lipinski definition) is 0. The lowest BCUT2D eigenvalue weighted by molar-refractivity contribution is -0.0191. The summed E-state index contributed by atoms with van der Waals surface area (Å²) in [7, 11) is 0. The summed E-state index contributed by atoms with van der Waals surface area (Å²) < 4.78 is 19.3. The van der Waals surface area contributed by atoms with E-state index in [-0.39, 0.29) is 12.3 Å². The molecule has 5 nitrogen and oxygen atoms in total. The van der Waals surface area contributed by atoms with Crippen molar-refractivity contribution in [3.63, 3.8) is 0 Å². The minimum atomic E-state index is -0.309. The van der Waals surface area contributed by atoms with Gasteiger partial charge >= 0.3 is 0 Å². The monoisotopic (exact) mass is 508 g/mol. The molecule has 0 saturated heterocycles. The molecule has 1 aromatic heterocycles. The van der Waals surface area contributed by atoms with Gasteiger partial charge in [0.2, 0.25) is 6.23 Å². The fourth-order valence-corrected chi connectivity index (χ4v) is 4.84. The maximum absolute atomic E-state index is 6.47. The highest BCUT2D eigenvalue weighted by Crippen LogP contribution is 2.48. The van der Waals surface area contributed by atoms with Gasteiger partial charge in [-0.05, 0) is 67.9 Å². The Morgan fingerprint density at radius 3 is 2.67 bits per heavy atom. The highest BCUT2D eigenvalue weighted by atomic mass is 79.9. The highest BCUT2D eigenvalue weighted by molar-refractivity contribution is 9.10. The Morgan fingerprint density at radius 1 is 1.06 bits per heavy atom. The van der Waals surface area contributed by atoms with Gasteiger partial charge in [0, 0.05) is 22.0 Å². The van der Waals surface area contributed by atoms with Crippen LogP contribution in [-0.4, -0.2) is 17.3 Å². The minimum Gasteiger partial charge on any atom is -0.494 e. The number of halogens is 1. The molecule has 2 aromatic carbocycles. The summed E-state index contributed by atoms with van der Waals surface area (Å²) >= 11 is 3.61. The predicted molar refractivity (Wildman–Crippen MR) is 133 cm³/mol. The number of aryl methyl sites for hydroxylation is 1. The third-order valence-corrected chi connectivity index (χ3v) is 6.70. The van der Waals surface area contributed by atoms with Crippen molar-refractivity contribution in [2.75, 3.05) is 6.61 Å². The zero-order valence-corrected chi connectivity index (χ0v) is 20.7. The average Bonchev–Trinajstić information content (AvgIpc) is 3.46. The van der Waals surface area contributed by atoms with Gasteiger partial charge < -0.3 is 13.9 Å². The quantitative estimate of drug-likeness (QED) is 0.294. The van der Waals surface area contributed by atoms with Gasteiger partial charge in [0.15, 0.2) is 0 Å². The smallest absolute Gasteiger partial charge is 0.213 e. The molecule has 6 heteroatoms. The number of hydrazone groups is 1. The summed E-state index contributed by atoms with van der Waals surface area (Å²) in [6.45, 7) is 4.93. The third-order valence-electron chi connectivity index (χ3n) is 6.21. The van der Waals surface area contributed by atoms with Crippen molar-refractivity contribution in [1.29, 1.82) is 0 Å². The van der Waals surface area contributed by atoms with Crippen LogP contribution in [0.4, 0.5) is 0 Å². The Kier molecular flexibility index (Phi) is 6.45. The van der Waals surface area contributed by atoms with Crippen LogP contribution in [0, 0.1) is 6.92 Å². The van der Waals surface area contributed by atoms with Crippen LogP contribution in [0.3, 0.4) is 0 Å². The Labute approximate surface area is 203 Å². The third kappa shape index (κ3) is 4.67. The number of rotatable bonds is 8. The first-order valence-electron chi connectivity index (χ1n) is 11.7. The van der Waals surface area contributed by atoms with Gasteiger partial charge in [-0.2, -0.15) is 5.10 Å². The average molecular weight is 509 g/mol. The fraction of sp³-hybridized carbons (Fsp3) is 0.370. The molecule has 2 aliphatic heterocycles. The molecule has 172 valence electrons. The van der Waals surface area contributed by atoms with Gasteiger partial charge in [-0.15, -0.1) is 0 Å². The van der Waals surface area contributed by atoms with Gasteiger partial charge in [0.05, 0.1) is 12.6 Å². The summed E-state index contributed by atoms with van der Waals surface area (Å²) in [6.07, 6.45) is 5.26. The van der Waals surface area contributed by atoms with E-state index in [0.29, 0.717) is 0 Å². The van der Waals surface area contributed by atoms with Crippen molar-refractivity contribution < 1.29 is 13.9 Å². The molecule has 33 heavy (non-hydrogen) atoms. The van der Waals surface area contributed by atoms with Crippen LogP contribution in [-0.2, 0) is 0 Å². The molecule has 2 aliphatic rings. The molecular weight excluding hydrogens is 480 g/mol. The van der Waals surface area contributed by atoms with Crippen LogP contribution >= 0.6 is 15.9 Å². The van der Waals surface area contributed by atoms with Crippen LogP contribution in [0.5, 0.6) is 11.5 Å². The lowest BCUT2D eigenvalue weighted by Gasteiger charge is -2.38. The summed E-state index contributed by atoms with van der Waals surface area (Å²) in [5.41, 5.74) is 3.13. The molecular formula is C27H29BrN2O3. The molecule has 0 bridgehead atoms. The molecule has 2 atom stereocenters. The summed E-state index contributed by atoms with van der Waals surface area (Å²) in [5.74, 6) is 3.50. The molecule has 3 aromatic rings. The molecule has 0 unspecified atom stereocenters. The lowest BCUT2D eigenvalue weighted by atomic mass is 9.97. The molecule has 0 aliphatic carbocycles. The van der Waals surface area contributed by atoms with E-state index >= 15 is 0 Å². The van der Waals surface area contributed by atoms with Crippen LogP contribution < -0.4 is 9.47 Å². The Balaban J connectivity index is 1.39. The van der Waals surface area contributed by atoms with E-state index in [1.165, 1.54) is 19.3 Å². The number of hydrogen-bond acceptors (Lipinski definition) is 5. The zero-order valence-electron chi connectivity index (χ0n) is 19.1. The topological polar surface area (TPSA) is 47.2 Å². The normalized spacial score (nSPS) is 19.0. The first-order valence-corrected chi connectivity index (χ1v) is 12.5. The standard InChI is InChI=1S/C27H29BrN2O3/c1-3-4-5-6-15-31-21-11-8-19(9-12-21)27-30-24(22-16-20(28)10-14-25(22)33-27)17-23(29-30)26-13-7-18(2)32-26/h7-14,16,24,27H,3-6,15,17H2,1-2H3/t24-,27-/m1/s1. The molecule has 0 saturated carbocycles. The Bertz CT molecular complexity index is 1140. The van der Waals surface area contributed by atoms with E-state index in [4.69, 9.17) is 19.0 Å². The van der Waals surface area contributed by atoms with E-state index in [9.17, 15) is 0 Å². The molecule has 0 radical (unpaired) electrons. The van der Waals surface area contributed by atoms with Crippen molar-refractivity contribution in [2.24, 2.45) is 5.10 Å². The van der Waals surface area contributed by atoms with E-state index in [2.05, 4.69) is 46.1 Å². The van der Waals surface area contributed by atoms with E-state index in [1.54, 1.807) is 0 Å². The highest BCUT2D eigenvalue weighted by Gasteiger charge is 2.41. The van der Waals surface area contributed by atoms with Gasteiger partial charge in [0.1, 0.15) is 28.7 Å². The van der Waals surface area contributed by atoms with Gasteiger partial charge in [-0.1, -0.05) is 42.1 Å². The number of fused-ring (bicyclic) bond motifs is 3. The molecule has 0 spiro atoms. The molecule has 3 heterocycles. The second-order valence-corrected chi connectivity index (χ2v) is 9.60. The predicted octanol–water partition coefficient (Wildman–Crippen LogP) is 7.55. The molecule has 0 N–H and O–H groups in total. The van der Waals surface area contributed by atoms with Crippen LogP contribution in [0.25, 0.3) is 0 Å². The van der Waals surface area contributed by atoms with Crippen LogP contribution in [0.15, 0.2) is 68.6 Å². The van der Waals surface area contributed by atoms with Gasteiger partial charge in [-0.25, -0.2) is 5.01 Å². The number of unbranched alkanes of at least 4 members (excludes halogenated alkanes) is 3. The fourth-order valence-electron chi connectivity index (χ4n) is 4.46. The van der Waals surface area contributed by atoms with Crippen molar-refractivity contribution in [1.82, 2.24) is 5.01 Å². The van der Waals surface area contributed by atoms with E-state index < -0.39 is 0 Å². The maximum atomic E-state index is 6.47. The number of nitrogens with zero attached hydrogens (tertiary/aromatic N) is 2. The summed E-state index contributed by atoms with van der Waals surface area (Å²) in [4.78, 5) is 0. The van der Waals surface area contributed by atoms with Crippen molar-refractivity contribution in [2.45, 2.75) is 58.2 Å². The van der Waals surface area contributed by atoms with Crippen molar-refractivity contribution >= 4 is 21.6 Å². The maximum Gasteiger partial charge on any atom is 0.213 e. The van der Waals surface area contributed by atoms with Crippen LogP contribution in [0.2, 0.25) is 0 Å². The van der Waals surface area contributed by atoms with Crippen molar-refractivity contribution in [3.8, 4) is 11.5 Å². The number of furan rings is 1. The SMILES string of the molecule is CCCCCCOc1ccc([C@H]2Oc3ccc(Br)cc3[C@H]3CC(c4ccc(C)o4)=NN32)cc1. The molecule has 5 rings (SSSR count). The van der Waals surface area contributed by atoms with E-state index in [1.807, 2.05) is 43.3 Å². The van der Waals surface area contributed by atoms with E-state index in [0.717, 1.165) is 63.8 Å². The largest absolute Gasteiger partial charge is 0.494 e. The second kappa shape index (κ2) is 9.64. The van der Waals surface area contributed by atoms with Gasteiger partial charge in [-0.3, -0.25) is 0 Å². The molecule has 0 amide bonds. The van der Waals surface area contributed by atoms with Crippen molar-refractivity contribution in [3.05, 3.63) is 81.7 Å².